The zero-order chi connectivity index (χ0) is 22.1. The first-order chi connectivity index (χ1) is 15.6. The molecule has 0 saturated carbocycles. The Morgan fingerprint density at radius 1 is 1.00 bits per heavy atom. The summed E-state index contributed by atoms with van der Waals surface area (Å²) in [6, 6.07) is 24.2. The summed E-state index contributed by atoms with van der Waals surface area (Å²) in [4.78, 5) is 22.3. The summed E-state index contributed by atoms with van der Waals surface area (Å²) < 4.78 is 6.25. The number of aliphatic imine (C=N–C) groups is 1. The minimum absolute atomic E-state index is 0.0940. The lowest BCUT2D eigenvalue weighted by molar-refractivity contribution is -0.134. The van der Waals surface area contributed by atoms with Crippen LogP contribution < -0.4 is 4.74 Å². The van der Waals surface area contributed by atoms with E-state index in [1.54, 1.807) is 0 Å². The summed E-state index contributed by atoms with van der Waals surface area (Å²) in [5.41, 5.74) is 4.01. The number of hydrogen-bond donors (Lipinski definition) is 0. The quantitative estimate of drug-likeness (QED) is 0.583. The molecule has 3 aromatic carbocycles. The Balaban J connectivity index is 1.40. The molecular weight excluding hydrogens is 398 g/mol. The van der Waals surface area contributed by atoms with Crippen molar-refractivity contribution in [3.8, 4) is 11.5 Å². The first-order valence-electron chi connectivity index (χ1n) is 11.1. The number of amidine groups is 1. The second-order valence-corrected chi connectivity index (χ2v) is 8.55. The van der Waals surface area contributed by atoms with Crippen molar-refractivity contribution in [2.24, 2.45) is 4.99 Å². The van der Waals surface area contributed by atoms with E-state index in [0.717, 1.165) is 52.8 Å². The van der Waals surface area contributed by atoms with Gasteiger partial charge in [-0.15, -0.1) is 0 Å². The van der Waals surface area contributed by atoms with Gasteiger partial charge in [0.05, 0.1) is 12.0 Å². The number of fused-ring (bicyclic) bond motifs is 2. The Morgan fingerprint density at radius 2 is 1.78 bits per heavy atom. The van der Waals surface area contributed by atoms with Gasteiger partial charge in [-0.2, -0.15) is 0 Å². The topological polar surface area (TPSA) is 45.1 Å². The molecule has 5 heteroatoms. The van der Waals surface area contributed by atoms with Crippen molar-refractivity contribution in [3.05, 3.63) is 89.5 Å². The molecule has 1 saturated heterocycles. The maximum Gasteiger partial charge on any atom is 0.227 e. The number of para-hydroxylation sites is 1. The first-order valence-corrected chi connectivity index (χ1v) is 11.1. The zero-order valence-electron chi connectivity index (χ0n) is 18.5. The third kappa shape index (κ3) is 3.98. The van der Waals surface area contributed by atoms with Crippen molar-refractivity contribution >= 4 is 17.4 Å². The molecule has 0 aromatic heterocycles. The highest BCUT2D eigenvalue weighted by Crippen LogP contribution is 2.38. The third-order valence-electron chi connectivity index (χ3n) is 6.14. The van der Waals surface area contributed by atoms with E-state index >= 15 is 0 Å². The molecule has 5 nitrogen and oxygen atoms in total. The molecule has 0 spiro atoms. The fraction of sp³-hybridized carbons (Fsp3) is 0.259. The van der Waals surface area contributed by atoms with Gasteiger partial charge in [0, 0.05) is 25.7 Å². The molecule has 0 bridgehead atoms. The number of nitrogens with zero attached hydrogens (tertiary/aromatic N) is 3. The summed E-state index contributed by atoms with van der Waals surface area (Å²) in [7, 11) is 0. The Bertz CT molecular complexity index is 1170. The van der Waals surface area contributed by atoms with Crippen LogP contribution in [0.2, 0.25) is 0 Å². The first kappa shape index (κ1) is 20.3. The van der Waals surface area contributed by atoms with E-state index < -0.39 is 0 Å². The summed E-state index contributed by atoms with van der Waals surface area (Å²) in [6.45, 7) is 6.31. The lowest BCUT2D eigenvalue weighted by Gasteiger charge is -2.41. The maximum absolute atomic E-state index is 13.0. The fourth-order valence-electron chi connectivity index (χ4n) is 4.46. The molecule has 0 unspecified atom stereocenters. The number of carbonyl (C=O) groups is 1. The predicted octanol–water partition coefficient (Wildman–Crippen LogP) is 4.95. The van der Waals surface area contributed by atoms with Crippen molar-refractivity contribution in [1.29, 1.82) is 0 Å². The van der Waals surface area contributed by atoms with Crippen LogP contribution in [0.5, 0.6) is 11.5 Å². The van der Waals surface area contributed by atoms with Gasteiger partial charge in [-0.05, 0) is 49.2 Å². The van der Waals surface area contributed by atoms with Crippen LogP contribution in [0.4, 0.5) is 5.69 Å². The van der Waals surface area contributed by atoms with Crippen LogP contribution in [0.3, 0.4) is 0 Å². The minimum atomic E-state index is 0.0940. The standard InChI is InChI=1S/C27H27N3O2/c1-19-12-13-23-25(16-19)32-24-11-7-6-10-22(24)27(28-23)29-14-15-30(20(2)18-29)26(31)17-21-8-4-3-5-9-21/h3-13,16,20H,14-15,17-18H2,1-2H3/t20-/m0/s1. The highest BCUT2D eigenvalue weighted by Gasteiger charge is 2.31. The van der Waals surface area contributed by atoms with Crippen LogP contribution in [0.1, 0.15) is 23.6 Å². The number of amides is 1. The monoisotopic (exact) mass is 425 g/mol. The van der Waals surface area contributed by atoms with Gasteiger partial charge in [-0.1, -0.05) is 48.5 Å². The normalized spacial score (nSPS) is 17.6. The van der Waals surface area contributed by atoms with E-state index in [-0.39, 0.29) is 11.9 Å². The molecule has 0 radical (unpaired) electrons. The number of rotatable bonds is 2. The van der Waals surface area contributed by atoms with E-state index in [0.29, 0.717) is 13.0 Å². The van der Waals surface area contributed by atoms with Crippen LogP contribution in [0.15, 0.2) is 77.8 Å². The largest absolute Gasteiger partial charge is 0.454 e. The van der Waals surface area contributed by atoms with Crippen molar-refractivity contribution in [1.82, 2.24) is 9.80 Å². The van der Waals surface area contributed by atoms with Gasteiger partial charge in [-0.25, -0.2) is 4.99 Å². The van der Waals surface area contributed by atoms with Crippen molar-refractivity contribution in [2.75, 3.05) is 19.6 Å². The van der Waals surface area contributed by atoms with Gasteiger partial charge in [0.15, 0.2) is 5.75 Å². The zero-order valence-corrected chi connectivity index (χ0v) is 18.5. The summed E-state index contributed by atoms with van der Waals surface area (Å²) in [5, 5.41) is 0. The molecule has 2 aliphatic rings. The number of carbonyl (C=O) groups excluding carboxylic acids is 1. The molecule has 162 valence electrons. The second kappa shape index (κ2) is 8.50. The molecule has 0 N–H and O–H groups in total. The van der Waals surface area contributed by atoms with Crippen LogP contribution in [-0.2, 0) is 11.2 Å². The fourth-order valence-corrected chi connectivity index (χ4v) is 4.46. The lowest BCUT2D eigenvalue weighted by Crippen LogP contribution is -2.55. The van der Waals surface area contributed by atoms with E-state index in [1.165, 1.54) is 0 Å². The predicted molar refractivity (Wildman–Crippen MR) is 127 cm³/mol. The number of piperazine rings is 1. The Morgan fingerprint density at radius 3 is 2.59 bits per heavy atom. The smallest absolute Gasteiger partial charge is 0.227 e. The van der Waals surface area contributed by atoms with E-state index in [4.69, 9.17) is 9.73 Å². The van der Waals surface area contributed by atoms with Crippen LogP contribution in [0.25, 0.3) is 0 Å². The van der Waals surface area contributed by atoms with Gasteiger partial charge >= 0.3 is 0 Å². The maximum atomic E-state index is 13.0. The molecular formula is C27H27N3O2. The van der Waals surface area contributed by atoms with Gasteiger partial charge in [0.25, 0.3) is 0 Å². The van der Waals surface area contributed by atoms with Crippen LogP contribution in [0, 0.1) is 6.92 Å². The van der Waals surface area contributed by atoms with Crippen molar-refractivity contribution < 1.29 is 9.53 Å². The molecule has 5 rings (SSSR count). The third-order valence-corrected chi connectivity index (χ3v) is 6.14. The average Bonchev–Trinajstić information content (AvgIpc) is 2.96. The summed E-state index contributed by atoms with van der Waals surface area (Å²) in [5.74, 6) is 2.67. The molecule has 1 fully saturated rings. The van der Waals surface area contributed by atoms with Gasteiger partial charge < -0.3 is 14.5 Å². The van der Waals surface area contributed by atoms with Crippen molar-refractivity contribution in [3.63, 3.8) is 0 Å². The number of hydrogen-bond acceptors (Lipinski definition) is 4. The molecule has 1 amide bonds. The Labute approximate surface area is 189 Å². The highest BCUT2D eigenvalue weighted by molar-refractivity contribution is 6.04. The lowest BCUT2D eigenvalue weighted by atomic mass is 10.1. The molecule has 1 atom stereocenters. The van der Waals surface area contributed by atoms with Gasteiger partial charge in [0.1, 0.15) is 17.3 Å². The van der Waals surface area contributed by atoms with E-state index in [2.05, 4.69) is 30.9 Å². The number of aryl methyl sites for hydroxylation is 1. The molecule has 2 heterocycles. The molecule has 32 heavy (non-hydrogen) atoms. The summed E-state index contributed by atoms with van der Waals surface area (Å²) >= 11 is 0. The Kier molecular flexibility index (Phi) is 5.39. The molecule has 0 aliphatic carbocycles. The van der Waals surface area contributed by atoms with Crippen LogP contribution in [-0.4, -0.2) is 47.2 Å². The van der Waals surface area contributed by atoms with E-state index in [9.17, 15) is 4.79 Å². The number of ether oxygens (including phenoxy) is 1. The van der Waals surface area contributed by atoms with Crippen molar-refractivity contribution in [2.45, 2.75) is 26.3 Å². The SMILES string of the molecule is Cc1ccc2c(c1)Oc1ccccc1C(N1CCN(C(=O)Cc3ccccc3)[C@@H](C)C1)=N2. The van der Waals surface area contributed by atoms with E-state index in [1.807, 2.05) is 65.6 Å². The van der Waals surface area contributed by atoms with Crippen LogP contribution >= 0.6 is 0 Å². The second-order valence-electron chi connectivity index (χ2n) is 8.55. The van der Waals surface area contributed by atoms with Gasteiger partial charge in [0.2, 0.25) is 5.91 Å². The molecule has 3 aromatic rings. The Hall–Kier alpha value is -3.60. The minimum Gasteiger partial charge on any atom is -0.454 e. The molecule has 2 aliphatic heterocycles. The average molecular weight is 426 g/mol. The summed E-state index contributed by atoms with van der Waals surface area (Å²) in [6.07, 6.45) is 0.440. The number of benzene rings is 3. The highest BCUT2D eigenvalue weighted by atomic mass is 16.5. The van der Waals surface area contributed by atoms with Gasteiger partial charge in [-0.3, -0.25) is 4.79 Å².